The van der Waals surface area contributed by atoms with E-state index >= 15 is 0 Å². The first-order valence-electron chi connectivity index (χ1n) is 6.43. The van der Waals surface area contributed by atoms with E-state index < -0.39 is 0 Å². The maximum atomic E-state index is 11.4. The number of fused-ring (bicyclic) bond motifs is 1. The molecule has 0 atom stereocenters. The second-order valence-electron chi connectivity index (χ2n) is 4.90. The van der Waals surface area contributed by atoms with E-state index in [0.717, 1.165) is 36.7 Å². The third-order valence-electron chi connectivity index (χ3n) is 3.35. The molecule has 1 N–H and O–H groups in total. The molecule has 0 aromatic carbocycles. The van der Waals surface area contributed by atoms with E-state index in [0.29, 0.717) is 6.54 Å². The van der Waals surface area contributed by atoms with Crippen LogP contribution in [0.15, 0.2) is 29.2 Å². The molecule has 2 aromatic heterocycles. The van der Waals surface area contributed by atoms with E-state index in [-0.39, 0.29) is 5.56 Å². The van der Waals surface area contributed by atoms with Crippen LogP contribution in [0, 0.1) is 6.92 Å². The zero-order chi connectivity index (χ0) is 13.2. The molecule has 0 radical (unpaired) electrons. The molecule has 5 nitrogen and oxygen atoms in total. The van der Waals surface area contributed by atoms with Crippen LogP contribution in [0.5, 0.6) is 0 Å². The van der Waals surface area contributed by atoms with Gasteiger partial charge in [0.25, 0.3) is 5.56 Å². The smallest absolute Gasteiger partial charge is 0.251 e. The van der Waals surface area contributed by atoms with Crippen molar-refractivity contribution in [3.05, 3.63) is 57.5 Å². The summed E-state index contributed by atoms with van der Waals surface area (Å²) < 4.78 is 0. The van der Waals surface area contributed by atoms with Gasteiger partial charge in [-0.2, -0.15) is 0 Å². The largest absolute Gasteiger partial charge is 0.309 e. The fraction of sp³-hybridized carbons (Fsp3) is 0.357. The minimum atomic E-state index is -0.0852. The Morgan fingerprint density at radius 3 is 3.21 bits per heavy atom. The lowest BCUT2D eigenvalue weighted by Crippen LogP contribution is -2.32. The molecule has 0 saturated carbocycles. The van der Waals surface area contributed by atoms with Crippen molar-refractivity contribution in [1.82, 2.24) is 19.9 Å². The van der Waals surface area contributed by atoms with Gasteiger partial charge in [0.2, 0.25) is 0 Å². The number of pyridine rings is 1. The van der Waals surface area contributed by atoms with Crippen LogP contribution in [0.1, 0.15) is 22.8 Å². The molecule has 3 rings (SSSR count). The van der Waals surface area contributed by atoms with Gasteiger partial charge >= 0.3 is 0 Å². The average Bonchev–Trinajstić information content (AvgIpc) is 2.37. The molecular formula is C14H16N4O. The van der Waals surface area contributed by atoms with E-state index in [2.05, 4.69) is 25.9 Å². The normalized spacial score (nSPS) is 15.2. The molecule has 0 saturated heterocycles. The lowest BCUT2D eigenvalue weighted by Gasteiger charge is -2.27. The minimum absolute atomic E-state index is 0.0852. The van der Waals surface area contributed by atoms with Crippen molar-refractivity contribution in [1.29, 1.82) is 0 Å². The van der Waals surface area contributed by atoms with Crippen LogP contribution in [-0.4, -0.2) is 26.4 Å². The van der Waals surface area contributed by atoms with Crippen molar-refractivity contribution in [2.75, 3.05) is 6.54 Å². The monoisotopic (exact) mass is 256 g/mol. The number of nitrogens with zero attached hydrogens (tertiary/aromatic N) is 3. The Morgan fingerprint density at radius 2 is 2.37 bits per heavy atom. The van der Waals surface area contributed by atoms with Gasteiger partial charge in [-0.1, -0.05) is 6.07 Å². The lowest BCUT2D eigenvalue weighted by atomic mass is 10.1. The van der Waals surface area contributed by atoms with E-state index in [1.165, 1.54) is 11.6 Å². The Kier molecular flexibility index (Phi) is 3.13. The standard InChI is InChI=1S/C14H16N4O/c1-10-7-14(19)17-13(16-10)9-18-6-4-11-3-2-5-15-12(11)8-18/h2-3,5,7H,4,6,8-9H2,1H3,(H,16,17,19). The van der Waals surface area contributed by atoms with Crippen LogP contribution >= 0.6 is 0 Å². The van der Waals surface area contributed by atoms with Crippen molar-refractivity contribution in [2.24, 2.45) is 0 Å². The average molecular weight is 256 g/mol. The summed E-state index contributed by atoms with van der Waals surface area (Å²) in [5, 5.41) is 0. The number of H-pyrrole nitrogens is 1. The van der Waals surface area contributed by atoms with Crippen molar-refractivity contribution in [3.8, 4) is 0 Å². The fourth-order valence-electron chi connectivity index (χ4n) is 2.47. The molecule has 3 heterocycles. The van der Waals surface area contributed by atoms with Gasteiger partial charge in [-0.05, 0) is 25.0 Å². The van der Waals surface area contributed by atoms with E-state index in [1.54, 1.807) is 0 Å². The van der Waals surface area contributed by atoms with E-state index in [9.17, 15) is 4.79 Å². The summed E-state index contributed by atoms with van der Waals surface area (Å²) in [7, 11) is 0. The number of rotatable bonds is 2. The maximum Gasteiger partial charge on any atom is 0.251 e. The molecular weight excluding hydrogens is 240 g/mol. The molecule has 0 bridgehead atoms. The quantitative estimate of drug-likeness (QED) is 0.872. The molecule has 0 spiro atoms. The Balaban J connectivity index is 1.77. The zero-order valence-electron chi connectivity index (χ0n) is 10.9. The van der Waals surface area contributed by atoms with Gasteiger partial charge < -0.3 is 4.98 Å². The Labute approximate surface area is 111 Å². The first kappa shape index (κ1) is 12.0. The Hall–Kier alpha value is -2.01. The molecule has 98 valence electrons. The molecule has 0 fully saturated rings. The van der Waals surface area contributed by atoms with Crippen LogP contribution in [0.2, 0.25) is 0 Å². The molecule has 1 aliphatic heterocycles. The zero-order valence-corrected chi connectivity index (χ0v) is 10.9. The summed E-state index contributed by atoms with van der Waals surface area (Å²) in [6, 6.07) is 5.62. The fourth-order valence-corrected chi connectivity index (χ4v) is 2.47. The van der Waals surface area contributed by atoms with Gasteiger partial charge in [-0.25, -0.2) is 4.98 Å². The summed E-state index contributed by atoms with van der Waals surface area (Å²) in [5.74, 6) is 0.726. The summed E-state index contributed by atoms with van der Waals surface area (Å²) in [4.78, 5) is 25.3. The molecule has 19 heavy (non-hydrogen) atoms. The first-order valence-corrected chi connectivity index (χ1v) is 6.43. The molecule has 0 aliphatic carbocycles. The Morgan fingerprint density at radius 1 is 1.47 bits per heavy atom. The Bertz CT molecular complexity index is 650. The van der Waals surface area contributed by atoms with E-state index in [4.69, 9.17) is 0 Å². The number of hydrogen-bond donors (Lipinski definition) is 1. The van der Waals surface area contributed by atoms with Crippen LogP contribution in [0.25, 0.3) is 0 Å². The summed E-state index contributed by atoms with van der Waals surface area (Å²) in [6.45, 7) is 4.28. The minimum Gasteiger partial charge on any atom is -0.309 e. The van der Waals surface area contributed by atoms with Crippen molar-refractivity contribution < 1.29 is 0 Å². The van der Waals surface area contributed by atoms with Gasteiger partial charge in [-0.3, -0.25) is 14.7 Å². The number of nitrogens with one attached hydrogen (secondary N) is 1. The third-order valence-corrected chi connectivity index (χ3v) is 3.35. The topological polar surface area (TPSA) is 61.9 Å². The molecule has 0 amide bonds. The maximum absolute atomic E-state index is 11.4. The summed E-state index contributed by atoms with van der Waals surface area (Å²) >= 11 is 0. The third kappa shape index (κ3) is 2.71. The highest BCUT2D eigenvalue weighted by Crippen LogP contribution is 2.17. The van der Waals surface area contributed by atoms with Crippen LogP contribution in [0.4, 0.5) is 0 Å². The molecule has 5 heteroatoms. The number of aryl methyl sites for hydroxylation is 1. The highest BCUT2D eigenvalue weighted by molar-refractivity contribution is 5.22. The number of hydrogen-bond acceptors (Lipinski definition) is 4. The SMILES string of the molecule is Cc1cc(=O)[nH]c(CN2CCc3cccnc3C2)n1. The first-order chi connectivity index (χ1) is 9.20. The second-order valence-corrected chi connectivity index (χ2v) is 4.90. The highest BCUT2D eigenvalue weighted by atomic mass is 16.1. The highest BCUT2D eigenvalue weighted by Gasteiger charge is 2.17. The lowest BCUT2D eigenvalue weighted by molar-refractivity contribution is 0.235. The van der Waals surface area contributed by atoms with Crippen LogP contribution in [0.3, 0.4) is 0 Å². The summed E-state index contributed by atoms with van der Waals surface area (Å²) in [5.41, 5.74) is 3.13. The van der Waals surface area contributed by atoms with Gasteiger partial charge in [-0.15, -0.1) is 0 Å². The van der Waals surface area contributed by atoms with Gasteiger partial charge in [0, 0.05) is 31.0 Å². The molecule has 2 aromatic rings. The second kappa shape index (κ2) is 4.93. The predicted octanol–water partition coefficient (Wildman–Crippen LogP) is 1.03. The van der Waals surface area contributed by atoms with Crippen LogP contribution < -0.4 is 5.56 Å². The number of aromatic nitrogens is 3. The van der Waals surface area contributed by atoms with E-state index in [1.807, 2.05) is 19.2 Å². The van der Waals surface area contributed by atoms with Crippen molar-refractivity contribution in [3.63, 3.8) is 0 Å². The van der Waals surface area contributed by atoms with Gasteiger partial charge in [0.05, 0.1) is 12.2 Å². The van der Waals surface area contributed by atoms with Crippen molar-refractivity contribution >= 4 is 0 Å². The van der Waals surface area contributed by atoms with Crippen LogP contribution in [-0.2, 0) is 19.5 Å². The van der Waals surface area contributed by atoms with Gasteiger partial charge in [0.15, 0.2) is 0 Å². The summed E-state index contributed by atoms with van der Waals surface area (Å²) in [6.07, 6.45) is 2.83. The van der Waals surface area contributed by atoms with Crippen molar-refractivity contribution in [2.45, 2.75) is 26.4 Å². The molecule has 1 aliphatic rings. The molecule has 0 unspecified atom stereocenters. The number of aromatic amines is 1. The van der Waals surface area contributed by atoms with Gasteiger partial charge in [0.1, 0.15) is 5.82 Å². The predicted molar refractivity (Wildman–Crippen MR) is 71.6 cm³/mol.